The van der Waals surface area contributed by atoms with Crippen LogP contribution < -0.4 is 9.80 Å². The molecule has 9 heteroatoms. The number of sulfonamides is 1. The van der Waals surface area contributed by atoms with Crippen LogP contribution in [0.1, 0.15) is 16.7 Å². The molecule has 0 unspecified atom stereocenters. The number of likely N-dealkylation sites (N-methyl/N-ethyl adjacent to an activating group) is 1. The van der Waals surface area contributed by atoms with Gasteiger partial charge >= 0.3 is 0 Å². The molecule has 4 rings (SSSR count). The lowest BCUT2D eigenvalue weighted by Gasteiger charge is -2.36. The van der Waals surface area contributed by atoms with Crippen LogP contribution in [0.2, 0.25) is 0 Å². The quantitative estimate of drug-likeness (QED) is 0.710. The van der Waals surface area contributed by atoms with Crippen molar-refractivity contribution < 1.29 is 8.42 Å². The zero-order chi connectivity index (χ0) is 22.2. The summed E-state index contributed by atoms with van der Waals surface area (Å²) >= 11 is 0. The van der Waals surface area contributed by atoms with Gasteiger partial charge in [0.05, 0.1) is 4.90 Å². The van der Waals surface area contributed by atoms with Gasteiger partial charge in [-0.2, -0.15) is 4.31 Å². The average molecular weight is 445 g/mol. The normalized spacial score (nSPS) is 19.1. The van der Waals surface area contributed by atoms with Crippen LogP contribution in [-0.4, -0.2) is 87.0 Å². The van der Waals surface area contributed by atoms with E-state index in [9.17, 15) is 8.42 Å². The van der Waals surface area contributed by atoms with E-state index in [2.05, 4.69) is 31.7 Å². The van der Waals surface area contributed by atoms with E-state index < -0.39 is 10.0 Å². The molecule has 3 heterocycles. The van der Waals surface area contributed by atoms with Gasteiger partial charge in [-0.25, -0.2) is 18.4 Å². The van der Waals surface area contributed by atoms with Crippen molar-refractivity contribution in [3.63, 3.8) is 0 Å². The van der Waals surface area contributed by atoms with Crippen LogP contribution >= 0.6 is 0 Å². The SMILES string of the molecule is Cc1cc(C)c(S(=O)(=O)N2CCN(c3cc(N4CCN(C)CC4)ncn3)CC2)cc1C. The summed E-state index contributed by atoms with van der Waals surface area (Å²) in [6.45, 7) is 11.9. The van der Waals surface area contributed by atoms with Crippen molar-refractivity contribution >= 4 is 21.7 Å². The molecule has 0 bridgehead atoms. The van der Waals surface area contributed by atoms with Crippen LogP contribution in [0.15, 0.2) is 29.4 Å². The van der Waals surface area contributed by atoms with Crippen molar-refractivity contribution in [1.29, 1.82) is 0 Å². The van der Waals surface area contributed by atoms with Crippen molar-refractivity contribution in [3.05, 3.63) is 41.2 Å². The van der Waals surface area contributed by atoms with Crippen molar-refractivity contribution in [2.75, 3.05) is 69.2 Å². The molecule has 0 amide bonds. The molecule has 2 aliphatic heterocycles. The molecular weight excluding hydrogens is 412 g/mol. The minimum Gasteiger partial charge on any atom is -0.354 e. The molecule has 168 valence electrons. The van der Waals surface area contributed by atoms with Crippen molar-refractivity contribution in [1.82, 2.24) is 19.2 Å². The Kier molecular flexibility index (Phi) is 6.18. The predicted molar refractivity (Wildman–Crippen MR) is 123 cm³/mol. The summed E-state index contributed by atoms with van der Waals surface area (Å²) in [5, 5.41) is 0. The highest BCUT2D eigenvalue weighted by molar-refractivity contribution is 7.89. The Morgan fingerprint density at radius 2 is 1.23 bits per heavy atom. The molecule has 31 heavy (non-hydrogen) atoms. The third-order valence-corrected chi connectivity index (χ3v) is 8.48. The summed E-state index contributed by atoms with van der Waals surface area (Å²) in [7, 11) is -1.37. The molecule has 0 radical (unpaired) electrons. The lowest BCUT2D eigenvalue weighted by molar-refractivity contribution is 0.312. The van der Waals surface area contributed by atoms with E-state index >= 15 is 0 Å². The molecule has 1 aromatic heterocycles. The van der Waals surface area contributed by atoms with Crippen molar-refractivity contribution in [3.8, 4) is 0 Å². The first-order chi connectivity index (χ1) is 14.8. The van der Waals surface area contributed by atoms with Gasteiger partial charge in [-0.1, -0.05) is 6.07 Å². The minimum absolute atomic E-state index is 0.420. The maximum Gasteiger partial charge on any atom is 0.243 e. The number of benzene rings is 1. The topological polar surface area (TPSA) is 72.9 Å². The Morgan fingerprint density at radius 3 is 1.81 bits per heavy atom. The molecule has 2 fully saturated rings. The first-order valence-electron chi connectivity index (χ1n) is 10.8. The summed E-state index contributed by atoms with van der Waals surface area (Å²) in [6.07, 6.45) is 1.62. The Bertz CT molecular complexity index is 1040. The summed E-state index contributed by atoms with van der Waals surface area (Å²) in [4.78, 5) is 16.1. The fraction of sp³-hybridized carbons (Fsp3) is 0.545. The van der Waals surface area contributed by atoms with Gasteiger partial charge in [0, 0.05) is 58.4 Å². The zero-order valence-electron chi connectivity index (χ0n) is 18.9. The Morgan fingerprint density at radius 1 is 0.710 bits per heavy atom. The van der Waals surface area contributed by atoms with Gasteiger partial charge in [0.1, 0.15) is 18.0 Å². The fourth-order valence-corrected chi connectivity index (χ4v) is 5.94. The second kappa shape index (κ2) is 8.72. The molecule has 2 aromatic rings. The number of hydrogen-bond acceptors (Lipinski definition) is 7. The largest absolute Gasteiger partial charge is 0.354 e. The molecule has 0 spiro atoms. The highest BCUT2D eigenvalue weighted by Gasteiger charge is 2.30. The van der Waals surface area contributed by atoms with Gasteiger partial charge in [-0.15, -0.1) is 0 Å². The Hall–Kier alpha value is -2.23. The summed E-state index contributed by atoms with van der Waals surface area (Å²) in [5.74, 6) is 1.81. The molecule has 0 N–H and O–H groups in total. The summed E-state index contributed by atoms with van der Waals surface area (Å²) in [6, 6.07) is 5.79. The van der Waals surface area contributed by atoms with E-state index in [1.54, 1.807) is 16.7 Å². The van der Waals surface area contributed by atoms with Crippen LogP contribution in [0.25, 0.3) is 0 Å². The van der Waals surface area contributed by atoms with Crippen LogP contribution in [0.5, 0.6) is 0 Å². The summed E-state index contributed by atoms with van der Waals surface area (Å²) in [5.41, 5.74) is 2.92. The van der Waals surface area contributed by atoms with E-state index in [-0.39, 0.29) is 0 Å². The molecular formula is C22H32N6O2S. The second-order valence-corrected chi connectivity index (χ2v) is 10.5. The fourth-order valence-electron chi connectivity index (χ4n) is 4.23. The van der Waals surface area contributed by atoms with E-state index in [1.807, 2.05) is 32.9 Å². The molecule has 2 aliphatic rings. The lowest BCUT2D eigenvalue weighted by atomic mass is 10.1. The van der Waals surface area contributed by atoms with Gasteiger partial charge in [0.2, 0.25) is 10.0 Å². The number of anilines is 2. The van der Waals surface area contributed by atoms with Crippen LogP contribution in [-0.2, 0) is 10.0 Å². The van der Waals surface area contributed by atoms with Gasteiger partial charge in [-0.05, 0) is 50.6 Å². The third-order valence-electron chi connectivity index (χ3n) is 6.44. The Balaban J connectivity index is 1.45. The molecule has 0 atom stereocenters. The van der Waals surface area contributed by atoms with Crippen molar-refractivity contribution in [2.24, 2.45) is 0 Å². The first-order valence-corrected chi connectivity index (χ1v) is 12.3. The van der Waals surface area contributed by atoms with Crippen molar-refractivity contribution in [2.45, 2.75) is 25.7 Å². The second-order valence-electron chi connectivity index (χ2n) is 8.62. The molecule has 0 aliphatic carbocycles. The number of piperazine rings is 2. The van der Waals surface area contributed by atoms with Crippen LogP contribution in [0, 0.1) is 20.8 Å². The van der Waals surface area contributed by atoms with Gasteiger partial charge in [0.25, 0.3) is 0 Å². The number of aryl methyl sites for hydroxylation is 3. The monoisotopic (exact) mass is 444 g/mol. The highest BCUT2D eigenvalue weighted by atomic mass is 32.2. The molecule has 1 aromatic carbocycles. The molecule has 2 saturated heterocycles. The molecule has 0 saturated carbocycles. The van der Waals surface area contributed by atoms with Gasteiger partial charge in [0.15, 0.2) is 0 Å². The van der Waals surface area contributed by atoms with E-state index in [0.29, 0.717) is 31.1 Å². The summed E-state index contributed by atoms with van der Waals surface area (Å²) < 4.78 is 28.1. The van der Waals surface area contributed by atoms with E-state index in [0.717, 1.165) is 54.5 Å². The minimum atomic E-state index is -3.51. The standard InChI is InChI=1S/C22H32N6O2S/c1-17-13-19(3)20(14-18(17)2)31(29,30)28-11-9-27(10-12-28)22-15-21(23-16-24-22)26-7-5-25(4)6-8-26/h13-16H,5-12H2,1-4H3. The lowest BCUT2D eigenvalue weighted by Crippen LogP contribution is -2.49. The Labute approximate surface area is 185 Å². The van der Waals surface area contributed by atoms with Crippen LogP contribution in [0.4, 0.5) is 11.6 Å². The number of nitrogens with zero attached hydrogens (tertiary/aromatic N) is 6. The van der Waals surface area contributed by atoms with E-state index in [4.69, 9.17) is 0 Å². The van der Waals surface area contributed by atoms with Crippen LogP contribution in [0.3, 0.4) is 0 Å². The zero-order valence-corrected chi connectivity index (χ0v) is 19.7. The number of aromatic nitrogens is 2. The number of hydrogen-bond donors (Lipinski definition) is 0. The van der Waals surface area contributed by atoms with Gasteiger partial charge in [-0.3, -0.25) is 0 Å². The highest BCUT2D eigenvalue weighted by Crippen LogP contribution is 2.26. The van der Waals surface area contributed by atoms with Gasteiger partial charge < -0.3 is 14.7 Å². The maximum absolute atomic E-state index is 13.3. The average Bonchev–Trinajstić information content (AvgIpc) is 2.77. The third kappa shape index (κ3) is 4.53. The molecule has 8 nitrogen and oxygen atoms in total. The van der Waals surface area contributed by atoms with E-state index in [1.165, 1.54) is 0 Å². The first kappa shape index (κ1) is 22.0. The number of rotatable bonds is 4. The smallest absolute Gasteiger partial charge is 0.243 e. The maximum atomic E-state index is 13.3. The predicted octanol–water partition coefficient (Wildman–Crippen LogP) is 1.66.